The molecule has 0 atom stereocenters. The largest absolute Gasteiger partial charge is 0.326 e. The number of hydrogen-bond donors (Lipinski definition) is 2. The summed E-state index contributed by atoms with van der Waals surface area (Å²) in [6.45, 7) is 3.44. The Bertz CT molecular complexity index is 674. The summed E-state index contributed by atoms with van der Waals surface area (Å²) in [6, 6.07) is 10.5. The lowest BCUT2D eigenvalue weighted by Gasteiger charge is -2.03. The number of nitrogens with one attached hydrogen (secondary N) is 2. The molecular formula is C15H15N3O2S. The number of anilines is 1. The van der Waals surface area contributed by atoms with Crippen LogP contribution in [0.5, 0.6) is 0 Å². The van der Waals surface area contributed by atoms with Gasteiger partial charge in [-0.05, 0) is 43.3 Å². The highest BCUT2D eigenvalue weighted by Gasteiger charge is 2.04. The first-order chi connectivity index (χ1) is 10.0. The molecule has 0 bridgehead atoms. The molecule has 0 radical (unpaired) electrons. The molecule has 0 saturated heterocycles. The molecule has 1 aromatic carbocycles. The number of thiophene rings is 1. The molecule has 0 aliphatic carbocycles. The van der Waals surface area contributed by atoms with Gasteiger partial charge in [0.1, 0.15) is 0 Å². The van der Waals surface area contributed by atoms with Gasteiger partial charge in [0.15, 0.2) is 0 Å². The second-order valence-corrected chi connectivity index (χ2v) is 5.73. The maximum absolute atomic E-state index is 11.9. The topological polar surface area (TPSA) is 70.6 Å². The summed E-state index contributed by atoms with van der Waals surface area (Å²) in [5.74, 6) is -0.447. The van der Waals surface area contributed by atoms with Gasteiger partial charge in [-0.1, -0.05) is 0 Å². The van der Waals surface area contributed by atoms with E-state index in [1.165, 1.54) is 11.8 Å². The molecule has 0 aliphatic heterocycles. The number of nitrogens with zero attached hydrogens (tertiary/aromatic N) is 1. The molecule has 0 saturated carbocycles. The SMILES string of the molecule is CC(=O)Nc1ccc(C(=O)N/N=C/c2ccc(C)s2)cc1. The zero-order valence-corrected chi connectivity index (χ0v) is 12.5. The van der Waals surface area contributed by atoms with Crippen molar-refractivity contribution in [3.63, 3.8) is 0 Å². The minimum Gasteiger partial charge on any atom is -0.326 e. The number of rotatable bonds is 4. The number of hydrogen-bond acceptors (Lipinski definition) is 4. The van der Waals surface area contributed by atoms with Crippen molar-refractivity contribution in [3.05, 3.63) is 51.7 Å². The zero-order valence-electron chi connectivity index (χ0n) is 11.7. The van der Waals surface area contributed by atoms with Crippen molar-refractivity contribution in [1.29, 1.82) is 0 Å². The van der Waals surface area contributed by atoms with Gasteiger partial charge in [0, 0.05) is 27.9 Å². The molecule has 108 valence electrons. The van der Waals surface area contributed by atoms with Crippen LogP contribution in [0.4, 0.5) is 5.69 Å². The Morgan fingerprint density at radius 3 is 2.43 bits per heavy atom. The van der Waals surface area contributed by atoms with Crippen LogP contribution in [0.25, 0.3) is 0 Å². The summed E-state index contributed by atoms with van der Waals surface area (Å²) in [5.41, 5.74) is 3.59. The van der Waals surface area contributed by atoms with Crippen LogP contribution in [0, 0.1) is 6.92 Å². The maximum Gasteiger partial charge on any atom is 0.271 e. The first-order valence-corrected chi connectivity index (χ1v) is 7.14. The minimum absolute atomic E-state index is 0.150. The monoisotopic (exact) mass is 301 g/mol. The average molecular weight is 301 g/mol. The second kappa shape index (κ2) is 6.81. The molecule has 6 heteroatoms. The quantitative estimate of drug-likeness (QED) is 0.673. The normalized spacial score (nSPS) is 10.6. The Hall–Kier alpha value is -2.47. The van der Waals surface area contributed by atoms with Gasteiger partial charge in [0.25, 0.3) is 5.91 Å². The van der Waals surface area contributed by atoms with Crippen LogP contribution in [-0.4, -0.2) is 18.0 Å². The van der Waals surface area contributed by atoms with Crippen molar-refractivity contribution in [2.45, 2.75) is 13.8 Å². The van der Waals surface area contributed by atoms with Crippen LogP contribution in [0.3, 0.4) is 0 Å². The van der Waals surface area contributed by atoms with E-state index in [1.54, 1.807) is 41.8 Å². The fourth-order valence-corrected chi connectivity index (χ4v) is 2.40. The van der Waals surface area contributed by atoms with E-state index in [2.05, 4.69) is 15.8 Å². The molecule has 2 aromatic rings. The number of aryl methyl sites for hydroxylation is 1. The van der Waals surface area contributed by atoms with Gasteiger partial charge in [-0.25, -0.2) is 5.43 Å². The van der Waals surface area contributed by atoms with Crippen LogP contribution in [0.2, 0.25) is 0 Å². The van der Waals surface area contributed by atoms with Gasteiger partial charge >= 0.3 is 0 Å². The van der Waals surface area contributed by atoms with Crippen LogP contribution >= 0.6 is 11.3 Å². The second-order valence-electron chi connectivity index (χ2n) is 4.41. The molecule has 2 amide bonds. The van der Waals surface area contributed by atoms with E-state index in [-0.39, 0.29) is 11.8 Å². The third-order valence-electron chi connectivity index (χ3n) is 2.59. The van der Waals surface area contributed by atoms with E-state index in [4.69, 9.17) is 0 Å². The van der Waals surface area contributed by atoms with Crippen LogP contribution < -0.4 is 10.7 Å². The van der Waals surface area contributed by atoms with Gasteiger partial charge in [0.05, 0.1) is 6.21 Å². The highest BCUT2D eigenvalue weighted by molar-refractivity contribution is 7.13. The Balaban J connectivity index is 1.94. The Kier molecular flexibility index (Phi) is 4.84. The lowest BCUT2D eigenvalue weighted by molar-refractivity contribution is -0.114. The third-order valence-corrected chi connectivity index (χ3v) is 3.52. The summed E-state index contributed by atoms with van der Waals surface area (Å²) >= 11 is 1.60. The first kappa shape index (κ1) is 14.9. The van der Waals surface area contributed by atoms with E-state index >= 15 is 0 Å². The molecular weight excluding hydrogens is 286 g/mol. The molecule has 5 nitrogen and oxygen atoms in total. The summed E-state index contributed by atoms with van der Waals surface area (Å²) < 4.78 is 0. The molecule has 0 fully saturated rings. The zero-order chi connectivity index (χ0) is 15.2. The Morgan fingerprint density at radius 2 is 1.86 bits per heavy atom. The van der Waals surface area contributed by atoms with Gasteiger partial charge in [-0.15, -0.1) is 11.3 Å². The summed E-state index contributed by atoms with van der Waals surface area (Å²) in [4.78, 5) is 24.9. The predicted octanol–water partition coefficient (Wildman–Crippen LogP) is 2.78. The Morgan fingerprint density at radius 1 is 1.14 bits per heavy atom. The van der Waals surface area contributed by atoms with E-state index in [0.29, 0.717) is 11.3 Å². The van der Waals surface area contributed by atoms with Crippen molar-refractivity contribution in [1.82, 2.24) is 5.43 Å². The highest BCUT2D eigenvalue weighted by Crippen LogP contribution is 2.12. The summed E-state index contributed by atoms with van der Waals surface area (Å²) in [7, 11) is 0. The third kappa shape index (κ3) is 4.54. The molecule has 1 aromatic heterocycles. The van der Waals surface area contributed by atoms with Gasteiger partial charge < -0.3 is 5.32 Å². The number of benzene rings is 1. The van der Waals surface area contributed by atoms with E-state index in [0.717, 1.165) is 4.88 Å². The van der Waals surface area contributed by atoms with Crippen molar-refractivity contribution in [3.8, 4) is 0 Å². The molecule has 0 spiro atoms. The van der Waals surface area contributed by atoms with E-state index in [1.807, 2.05) is 19.1 Å². The summed E-state index contributed by atoms with van der Waals surface area (Å²) in [6.07, 6.45) is 1.61. The van der Waals surface area contributed by atoms with Crippen LogP contribution in [0.1, 0.15) is 27.0 Å². The predicted molar refractivity (Wildman–Crippen MR) is 84.9 cm³/mol. The highest BCUT2D eigenvalue weighted by atomic mass is 32.1. The molecule has 2 N–H and O–H groups in total. The van der Waals surface area contributed by atoms with Gasteiger partial charge in [-0.3, -0.25) is 9.59 Å². The smallest absolute Gasteiger partial charge is 0.271 e. The molecule has 21 heavy (non-hydrogen) atoms. The molecule has 1 heterocycles. The molecule has 0 aliphatic rings. The lowest BCUT2D eigenvalue weighted by Crippen LogP contribution is -2.17. The van der Waals surface area contributed by atoms with Crippen molar-refractivity contribution in [2.75, 3.05) is 5.32 Å². The Labute approximate surface area is 126 Å². The van der Waals surface area contributed by atoms with Gasteiger partial charge in [0.2, 0.25) is 5.91 Å². The van der Waals surface area contributed by atoms with Gasteiger partial charge in [-0.2, -0.15) is 5.10 Å². The average Bonchev–Trinajstić information content (AvgIpc) is 2.84. The van der Waals surface area contributed by atoms with E-state index in [9.17, 15) is 9.59 Å². The number of carbonyl (C=O) groups excluding carboxylic acids is 2. The number of amides is 2. The fourth-order valence-electron chi connectivity index (χ4n) is 1.65. The number of carbonyl (C=O) groups is 2. The minimum atomic E-state index is -0.297. The van der Waals surface area contributed by atoms with Crippen molar-refractivity contribution >= 4 is 35.1 Å². The lowest BCUT2D eigenvalue weighted by atomic mass is 10.2. The number of hydrazone groups is 1. The van der Waals surface area contributed by atoms with Crippen molar-refractivity contribution in [2.24, 2.45) is 5.10 Å². The fraction of sp³-hybridized carbons (Fsp3) is 0.133. The van der Waals surface area contributed by atoms with Crippen LogP contribution in [-0.2, 0) is 4.79 Å². The van der Waals surface area contributed by atoms with Crippen molar-refractivity contribution < 1.29 is 9.59 Å². The standard InChI is InChI=1S/C15H15N3O2S/c1-10-3-8-14(21-10)9-16-18-15(20)12-4-6-13(7-5-12)17-11(2)19/h3-9H,1-2H3,(H,17,19)(H,18,20)/b16-9+. The van der Waals surface area contributed by atoms with Crippen LogP contribution in [0.15, 0.2) is 41.5 Å². The van der Waals surface area contributed by atoms with E-state index < -0.39 is 0 Å². The summed E-state index contributed by atoms with van der Waals surface area (Å²) in [5, 5.41) is 6.56. The first-order valence-electron chi connectivity index (χ1n) is 6.32. The molecule has 0 unspecified atom stereocenters. The molecule has 2 rings (SSSR count). The maximum atomic E-state index is 11.9.